The lowest BCUT2D eigenvalue weighted by Gasteiger charge is -2.45. The molecular weight excluding hydrogens is 332 g/mol. The second-order valence-electron chi connectivity index (χ2n) is 6.74. The Labute approximate surface area is 142 Å². The minimum Gasteiger partial charge on any atom is -0.472 e. The molecule has 0 bridgehead atoms. The largest absolute Gasteiger partial charge is 0.472 e. The lowest BCUT2D eigenvalue weighted by atomic mass is 9.86. The van der Waals surface area contributed by atoms with Crippen molar-refractivity contribution in [1.29, 1.82) is 0 Å². The number of ether oxygens (including phenoxy) is 1. The summed E-state index contributed by atoms with van der Waals surface area (Å²) >= 11 is 0. The molecule has 0 saturated carbocycles. The van der Waals surface area contributed by atoms with Crippen LogP contribution in [0.3, 0.4) is 0 Å². The van der Waals surface area contributed by atoms with Crippen LogP contribution in [0.1, 0.15) is 36.0 Å². The fourth-order valence-corrected chi connectivity index (χ4v) is 5.87. The van der Waals surface area contributed by atoms with Gasteiger partial charge in [0.2, 0.25) is 10.0 Å². The van der Waals surface area contributed by atoms with Crippen LogP contribution in [0.15, 0.2) is 23.0 Å². The van der Waals surface area contributed by atoms with Crippen LogP contribution < -0.4 is 0 Å². The third-order valence-electron chi connectivity index (χ3n) is 5.21. The maximum Gasteiger partial charge on any atom is 0.257 e. The molecule has 24 heavy (non-hydrogen) atoms. The van der Waals surface area contributed by atoms with Gasteiger partial charge in [-0.1, -0.05) is 0 Å². The summed E-state index contributed by atoms with van der Waals surface area (Å²) in [5, 5.41) is 0. The van der Waals surface area contributed by atoms with E-state index >= 15 is 0 Å². The van der Waals surface area contributed by atoms with Crippen LogP contribution in [0.5, 0.6) is 0 Å². The molecule has 0 unspecified atom stereocenters. The molecule has 134 valence electrons. The van der Waals surface area contributed by atoms with E-state index < -0.39 is 10.0 Å². The van der Waals surface area contributed by atoms with Crippen LogP contribution in [0.2, 0.25) is 0 Å². The van der Waals surface area contributed by atoms with Crippen molar-refractivity contribution in [2.75, 3.05) is 33.1 Å². The molecule has 2 saturated heterocycles. The quantitative estimate of drug-likeness (QED) is 0.813. The number of carbonyl (C=O) groups is 1. The number of piperidine rings is 1. The Hall–Kier alpha value is -1.38. The first-order chi connectivity index (χ1) is 11.4. The molecule has 0 radical (unpaired) electrons. The molecule has 3 rings (SSSR count). The number of hydrogen-bond donors (Lipinski definition) is 0. The molecule has 1 spiro atoms. The van der Waals surface area contributed by atoms with Crippen LogP contribution in [-0.2, 0) is 14.8 Å². The Bertz CT molecular complexity index is 677. The number of amides is 1. The van der Waals surface area contributed by atoms with Crippen molar-refractivity contribution in [3.63, 3.8) is 0 Å². The molecule has 7 nitrogen and oxygen atoms in total. The maximum atomic E-state index is 12.4. The Morgan fingerprint density at radius 3 is 2.62 bits per heavy atom. The monoisotopic (exact) mass is 356 g/mol. The van der Waals surface area contributed by atoms with Crippen molar-refractivity contribution in [3.05, 3.63) is 24.2 Å². The second kappa shape index (κ2) is 6.50. The number of likely N-dealkylation sites (tertiary alicyclic amines) is 1. The first-order valence-electron chi connectivity index (χ1n) is 8.17. The number of carbonyl (C=O) groups excluding carboxylic acids is 1. The number of methoxy groups -OCH3 is 1. The highest BCUT2D eigenvalue weighted by Crippen LogP contribution is 2.43. The fourth-order valence-electron chi connectivity index (χ4n) is 4.18. The summed E-state index contributed by atoms with van der Waals surface area (Å²) in [7, 11) is -1.73. The van der Waals surface area contributed by atoms with E-state index in [-0.39, 0.29) is 17.5 Å². The third kappa shape index (κ3) is 3.10. The van der Waals surface area contributed by atoms with Crippen molar-refractivity contribution in [3.8, 4) is 0 Å². The van der Waals surface area contributed by atoms with Gasteiger partial charge in [-0.3, -0.25) is 4.79 Å². The second-order valence-corrected chi connectivity index (χ2v) is 8.59. The summed E-state index contributed by atoms with van der Waals surface area (Å²) in [6.07, 6.45) is 7.13. The van der Waals surface area contributed by atoms with Gasteiger partial charge in [-0.15, -0.1) is 0 Å². The average Bonchev–Trinajstić information content (AvgIpc) is 3.16. The number of hydrogen-bond acceptors (Lipinski definition) is 5. The molecule has 1 amide bonds. The highest BCUT2D eigenvalue weighted by Gasteiger charge is 2.52. The summed E-state index contributed by atoms with van der Waals surface area (Å²) in [5.74, 6) is -0.0593. The average molecular weight is 356 g/mol. The van der Waals surface area contributed by atoms with E-state index in [4.69, 9.17) is 9.15 Å². The van der Waals surface area contributed by atoms with Gasteiger partial charge in [0, 0.05) is 31.8 Å². The van der Waals surface area contributed by atoms with Gasteiger partial charge in [0.25, 0.3) is 5.91 Å². The summed E-state index contributed by atoms with van der Waals surface area (Å²) in [6, 6.07) is 1.54. The van der Waals surface area contributed by atoms with E-state index in [1.54, 1.807) is 22.4 Å². The van der Waals surface area contributed by atoms with Crippen molar-refractivity contribution in [2.24, 2.45) is 0 Å². The smallest absolute Gasteiger partial charge is 0.257 e. The summed E-state index contributed by atoms with van der Waals surface area (Å²) in [5.41, 5.74) is 0.152. The molecule has 3 heterocycles. The van der Waals surface area contributed by atoms with E-state index in [0.717, 1.165) is 12.8 Å². The number of sulfonamides is 1. The van der Waals surface area contributed by atoms with Crippen molar-refractivity contribution >= 4 is 15.9 Å². The van der Waals surface area contributed by atoms with E-state index in [1.165, 1.54) is 18.8 Å². The van der Waals surface area contributed by atoms with Crippen LogP contribution in [-0.4, -0.2) is 68.2 Å². The zero-order valence-corrected chi connectivity index (χ0v) is 14.9. The Morgan fingerprint density at radius 2 is 2.08 bits per heavy atom. The van der Waals surface area contributed by atoms with E-state index in [2.05, 4.69) is 0 Å². The molecule has 1 aromatic rings. The number of furan rings is 1. The third-order valence-corrected chi connectivity index (χ3v) is 6.61. The normalized spacial score (nSPS) is 24.6. The molecule has 0 N–H and O–H groups in total. The number of nitrogens with zero attached hydrogens (tertiary/aromatic N) is 2. The summed E-state index contributed by atoms with van der Waals surface area (Å²) in [6.45, 7) is 1.51. The summed E-state index contributed by atoms with van der Waals surface area (Å²) < 4.78 is 36.6. The van der Waals surface area contributed by atoms with Crippen LogP contribution >= 0.6 is 0 Å². The molecular formula is C16H24N2O5S. The molecule has 8 heteroatoms. The Kier molecular flexibility index (Phi) is 4.72. The van der Waals surface area contributed by atoms with Crippen molar-refractivity contribution < 1.29 is 22.4 Å². The molecule has 2 aliphatic heterocycles. The van der Waals surface area contributed by atoms with Gasteiger partial charge in [-0.25, -0.2) is 8.42 Å². The topological polar surface area (TPSA) is 80.1 Å². The highest BCUT2D eigenvalue weighted by atomic mass is 32.2. The molecule has 2 fully saturated rings. The lowest BCUT2D eigenvalue weighted by Crippen LogP contribution is -2.57. The Balaban J connectivity index is 1.75. The molecule has 0 aromatic carbocycles. The lowest BCUT2D eigenvalue weighted by molar-refractivity contribution is 0.0504. The standard InChI is InChI=1S/C16H24N2O5S/c1-22-12-14-3-5-16(18(14)24(2,20)21)6-8-17(9-7-16)15(19)13-4-10-23-11-13/h4,10-11,14H,3,5-9,12H2,1-2H3/t14-/m1/s1. The predicted octanol–water partition coefficient (Wildman–Crippen LogP) is 1.32. The van der Waals surface area contributed by atoms with E-state index in [1.807, 2.05) is 0 Å². The maximum absolute atomic E-state index is 12.4. The van der Waals surface area contributed by atoms with Crippen LogP contribution in [0.4, 0.5) is 0 Å². The minimum atomic E-state index is -3.33. The van der Waals surface area contributed by atoms with E-state index in [9.17, 15) is 13.2 Å². The fraction of sp³-hybridized carbons (Fsp3) is 0.688. The van der Waals surface area contributed by atoms with Crippen LogP contribution in [0.25, 0.3) is 0 Å². The molecule has 1 atom stereocenters. The van der Waals surface area contributed by atoms with Gasteiger partial charge in [-0.2, -0.15) is 4.31 Å². The molecule has 2 aliphatic rings. The van der Waals surface area contributed by atoms with Gasteiger partial charge < -0.3 is 14.1 Å². The summed E-state index contributed by atoms with van der Waals surface area (Å²) in [4.78, 5) is 14.2. The Morgan fingerprint density at radius 1 is 1.38 bits per heavy atom. The number of rotatable bonds is 4. The SMILES string of the molecule is COC[C@H]1CCC2(CCN(C(=O)c3ccoc3)CC2)N1S(C)(=O)=O. The molecule has 0 aliphatic carbocycles. The van der Waals surface area contributed by atoms with Crippen LogP contribution in [0, 0.1) is 0 Å². The van der Waals surface area contributed by atoms with Gasteiger partial charge in [-0.05, 0) is 31.7 Å². The zero-order valence-electron chi connectivity index (χ0n) is 14.1. The first kappa shape index (κ1) is 17.4. The van der Waals surface area contributed by atoms with Crippen molar-refractivity contribution in [1.82, 2.24) is 9.21 Å². The molecule has 1 aromatic heterocycles. The predicted molar refractivity (Wildman–Crippen MR) is 88.2 cm³/mol. The minimum absolute atomic E-state index is 0.0593. The van der Waals surface area contributed by atoms with E-state index in [0.29, 0.717) is 38.1 Å². The zero-order chi connectivity index (χ0) is 17.4. The highest BCUT2D eigenvalue weighted by molar-refractivity contribution is 7.88. The first-order valence-corrected chi connectivity index (χ1v) is 10.0. The van der Waals surface area contributed by atoms with Crippen molar-refractivity contribution in [2.45, 2.75) is 37.3 Å². The van der Waals surface area contributed by atoms with Gasteiger partial charge in [0.1, 0.15) is 6.26 Å². The van der Waals surface area contributed by atoms with Gasteiger partial charge >= 0.3 is 0 Å². The van der Waals surface area contributed by atoms with Gasteiger partial charge in [0.15, 0.2) is 0 Å². The van der Waals surface area contributed by atoms with Gasteiger partial charge in [0.05, 0.1) is 24.7 Å².